The van der Waals surface area contributed by atoms with Crippen molar-refractivity contribution < 1.29 is 9.47 Å². The Labute approximate surface area is 113 Å². The Hall–Kier alpha value is -1.81. The van der Waals surface area contributed by atoms with Crippen molar-refractivity contribution in [2.24, 2.45) is 0 Å². The second-order valence-corrected chi connectivity index (χ2v) is 4.76. The molecule has 1 fully saturated rings. The summed E-state index contributed by atoms with van der Waals surface area (Å²) < 4.78 is 13.2. The van der Waals surface area contributed by atoms with Gasteiger partial charge < -0.3 is 9.47 Å². The van der Waals surface area contributed by atoms with Crippen LogP contribution >= 0.6 is 0 Å². The van der Waals surface area contributed by atoms with Gasteiger partial charge in [0.15, 0.2) is 5.75 Å². The average Bonchev–Trinajstić information content (AvgIpc) is 2.96. The van der Waals surface area contributed by atoms with Crippen LogP contribution in [0.4, 0.5) is 0 Å². The van der Waals surface area contributed by atoms with Crippen LogP contribution in [0.2, 0.25) is 0 Å². The van der Waals surface area contributed by atoms with Crippen molar-refractivity contribution in [2.45, 2.75) is 25.4 Å². The number of nitrogens with zero attached hydrogens (tertiary/aromatic N) is 2. The van der Waals surface area contributed by atoms with Crippen LogP contribution < -0.4 is 4.74 Å². The molecule has 3 rings (SSSR count). The Balaban J connectivity index is 1.59. The fraction of sp³-hybridized carbons (Fsp3) is 0.400. The van der Waals surface area contributed by atoms with E-state index in [0.717, 1.165) is 24.5 Å². The molecule has 19 heavy (non-hydrogen) atoms. The summed E-state index contributed by atoms with van der Waals surface area (Å²) in [5.74, 6) is 0.790. The smallest absolute Gasteiger partial charge is 0.157 e. The molecule has 0 radical (unpaired) electrons. The summed E-state index contributed by atoms with van der Waals surface area (Å²) in [5.41, 5.74) is 1.03. The van der Waals surface area contributed by atoms with Crippen molar-refractivity contribution in [3.63, 3.8) is 0 Å². The van der Waals surface area contributed by atoms with Gasteiger partial charge in [-0.15, -0.1) is 0 Å². The highest BCUT2D eigenvalue weighted by atomic mass is 16.5. The maximum absolute atomic E-state index is 5.74. The summed E-state index contributed by atoms with van der Waals surface area (Å²) in [7, 11) is 0. The van der Waals surface area contributed by atoms with Crippen LogP contribution in [-0.2, 0) is 4.74 Å². The number of hydrogen-bond acceptors (Lipinski definition) is 3. The van der Waals surface area contributed by atoms with E-state index in [-0.39, 0.29) is 6.10 Å². The molecule has 1 saturated heterocycles. The molecule has 4 nitrogen and oxygen atoms in total. The Morgan fingerprint density at radius 3 is 2.95 bits per heavy atom. The maximum atomic E-state index is 5.74. The molecule has 100 valence electrons. The van der Waals surface area contributed by atoms with Crippen LogP contribution in [0.1, 0.15) is 19.3 Å². The summed E-state index contributed by atoms with van der Waals surface area (Å²) in [5, 5.41) is 4.30. The normalized spacial score (nSPS) is 19.3. The molecule has 0 bridgehead atoms. The third-order valence-corrected chi connectivity index (χ3v) is 3.29. The molecule has 1 aliphatic rings. The van der Waals surface area contributed by atoms with Gasteiger partial charge in [-0.25, -0.2) is 4.68 Å². The number of para-hydroxylation sites is 1. The monoisotopic (exact) mass is 258 g/mol. The number of aromatic nitrogens is 2. The van der Waals surface area contributed by atoms with Gasteiger partial charge in [-0.3, -0.25) is 0 Å². The summed E-state index contributed by atoms with van der Waals surface area (Å²) >= 11 is 0. The zero-order valence-corrected chi connectivity index (χ0v) is 10.9. The van der Waals surface area contributed by atoms with Crippen molar-refractivity contribution in [3.8, 4) is 11.4 Å². The Morgan fingerprint density at radius 2 is 2.16 bits per heavy atom. The topological polar surface area (TPSA) is 36.3 Å². The second-order valence-electron chi connectivity index (χ2n) is 4.76. The fourth-order valence-electron chi connectivity index (χ4n) is 2.23. The third-order valence-electron chi connectivity index (χ3n) is 3.29. The lowest BCUT2D eigenvalue weighted by molar-refractivity contribution is -0.0110. The molecule has 0 saturated carbocycles. The summed E-state index contributed by atoms with van der Waals surface area (Å²) in [6.07, 6.45) is 7.37. The molecular formula is C15H18N2O2. The minimum atomic E-state index is 0.230. The van der Waals surface area contributed by atoms with Gasteiger partial charge in [0.05, 0.1) is 24.2 Å². The van der Waals surface area contributed by atoms with E-state index in [0.29, 0.717) is 6.61 Å². The summed E-state index contributed by atoms with van der Waals surface area (Å²) in [6.45, 7) is 1.47. The molecule has 1 aromatic heterocycles. The van der Waals surface area contributed by atoms with Gasteiger partial charge in [0.2, 0.25) is 0 Å². The molecule has 0 amide bonds. The summed E-state index contributed by atoms with van der Waals surface area (Å²) in [6, 6.07) is 10.0. The number of hydrogen-bond donors (Lipinski definition) is 0. The highest BCUT2D eigenvalue weighted by molar-refractivity contribution is 5.32. The van der Waals surface area contributed by atoms with Crippen molar-refractivity contribution in [2.75, 3.05) is 13.2 Å². The molecule has 1 unspecified atom stereocenters. The van der Waals surface area contributed by atoms with E-state index < -0.39 is 0 Å². The van der Waals surface area contributed by atoms with Gasteiger partial charge in [-0.2, -0.15) is 5.10 Å². The molecular weight excluding hydrogens is 240 g/mol. The first-order valence-corrected chi connectivity index (χ1v) is 6.76. The van der Waals surface area contributed by atoms with E-state index in [2.05, 4.69) is 5.10 Å². The molecule has 2 heterocycles. The predicted molar refractivity (Wildman–Crippen MR) is 72.7 cm³/mol. The molecule has 2 aromatic rings. The quantitative estimate of drug-likeness (QED) is 0.846. The first-order valence-electron chi connectivity index (χ1n) is 6.76. The van der Waals surface area contributed by atoms with E-state index >= 15 is 0 Å². The third kappa shape index (κ3) is 3.15. The largest absolute Gasteiger partial charge is 0.488 e. The van der Waals surface area contributed by atoms with Crippen molar-refractivity contribution in [1.29, 1.82) is 0 Å². The van der Waals surface area contributed by atoms with E-state index in [9.17, 15) is 0 Å². The minimum Gasteiger partial charge on any atom is -0.488 e. The average molecular weight is 258 g/mol. The molecule has 1 aromatic carbocycles. The van der Waals surface area contributed by atoms with Crippen molar-refractivity contribution in [1.82, 2.24) is 9.78 Å². The van der Waals surface area contributed by atoms with E-state index in [1.165, 1.54) is 12.8 Å². The standard InChI is InChI=1S/C15H18N2O2/c1-2-6-13(7-3-1)17-11-15(10-16-17)19-12-14-8-4-5-9-18-14/h1-3,6-7,10-11,14H,4-5,8-9,12H2. The van der Waals surface area contributed by atoms with Gasteiger partial charge in [-0.05, 0) is 31.4 Å². The van der Waals surface area contributed by atoms with Crippen LogP contribution in [0.25, 0.3) is 5.69 Å². The van der Waals surface area contributed by atoms with Crippen molar-refractivity contribution >= 4 is 0 Å². The lowest BCUT2D eigenvalue weighted by Crippen LogP contribution is -2.25. The lowest BCUT2D eigenvalue weighted by Gasteiger charge is -2.22. The van der Waals surface area contributed by atoms with Gasteiger partial charge in [-0.1, -0.05) is 18.2 Å². The molecule has 4 heteroatoms. The fourth-order valence-corrected chi connectivity index (χ4v) is 2.23. The minimum absolute atomic E-state index is 0.230. The van der Waals surface area contributed by atoms with E-state index in [4.69, 9.17) is 9.47 Å². The lowest BCUT2D eigenvalue weighted by atomic mass is 10.1. The number of rotatable bonds is 4. The zero-order chi connectivity index (χ0) is 12.9. The second kappa shape index (κ2) is 5.89. The number of ether oxygens (including phenoxy) is 2. The maximum Gasteiger partial charge on any atom is 0.157 e. The highest BCUT2D eigenvalue weighted by Crippen LogP contribution is 2.17. The van der Waals surface area contributed by atoms with Gasteiger partial charge in [0.25, 0.3) is 0 Å². The SMILES string of the molecule is c1ccc(-n2cc(OCC3CCCCO3)cn2)cc1. The predicted octanol–water partition coefficient (Wildman–Crippen LogP) is 2.82. The molecule has 0 spiro atoms. The number of benzene rings is 1. The van der Waals surface area contributed by atoms with Crippen LogP contribution in [0.3, 0.4) is 0 Å². The van der Waals surface area contributed by atoms with Crippen LogP contribution in [0.15, 0.2) is 42.7 Å². The van der Waals surface area contributed by atoms with Crippen LogP contribution in [0.5, 0.6) is 5.75 Å². The summed E-state index contributed by atoms with van der Waals surface area (Å²) in [4.78, 5) is 0. The molecule has 0 aliphatic carbocycles. The van der Waals surface area contributed by atoms with Crippen LogP contribution in [0, 0.1) is 0 Å². The highest BCUT2D eigenvalue weighted by Gasteiger charge is 2.14. The molecule has 0 N–H and O–H groups in total. The van der Waals surface area contributed by atoms with Gasteiger partial charge in [0, 0.05) is 6.61 Å². The molecule has 1 atom stereocenters. The Bertz CT molecular complexity index is 504. The first-order chi connectivity index (χ1) is 9.42. The van der Waals surface area contributed by atoms with E-state index in [1.54, 1.807) is 6.20 Å². The zero-order valence-electron chi connectivity index (χ0n) is 10.9. The van der Waals surface area contributed by atoms with Gasteiger partial charge >= 0.3 is 0 Å². The Kier molecular flexibility index (Phi) is 3.79. The first kappa shape index (κ1) is 12.2. The Morgan fingerprint density at radius 1 is 1.26 bits per heavy atom. The van der Waals surface area contributed by atoms with E-state index in [1.807, 2.05) is 41.2 Å². The molecule has 1 aliphatic heterocycles. The van der Waals surface area contributed by atoms with Crippen LogP contribution in [-0.4, -0.2) is 29.1 Å². The van der Waals surface area contributed by atoms with Crippen molar-refractivity contribution in [3.05, 3.63) is 42.7 Å². The van der Waals surface area contributed by atoms with Gasteiger partial charge in [0.1, 0.15) is 6.61 Å².